The standard InChI is InChI=1S/C31H26N2O/c1-21-17-18-25(22(2)19-21)29-20-27(26-15-9-10-16-28(26)32-29)31(34)33-30(23-11-5-3-6-12-23)24-13-7-4-8-14-24/h3-20,30H,1-2H3,(H,33,34). The molecule has 1 N–H and O–H groups in total. The van der Waals surface area contributed by atoms with Crippen LogP contribution in [0.5, 0.6) is 0 Å². The van der Waals surface area contributed by atoms with Crippen LogP contribution in [-0.4, -0.2) is 10.9 Å². The van der Waals surface area contributed by atoms with Crippen LogP contribution >= 0.6 is 0 Å². The van der Waals surface area contributed by atoms with Crippen LogP contribution in [0.15, 0.2) is 109 Å². The highest BCUT2D eigenvalue weighted by atomic mass is 16.1. The van der Waals surface area contributed by atoms with E-state index in [0.29, 0.717) is 5.56 Å². The summed E-state index contributed by atoms with van der Waals surface area (Å²) in [5, 5.41) is 4.13. The Labute approximate surface area is 200 Å². The van der Waals surface area contributed by atoms with Crippen molar-refractivity contribution < 1.29 is 4.79 Å². The molecule has 0 aliphatic carbocycles. The molecule has 0 aliphatic rings. The zero-order valence-electron chi connectivity index (χ0n) is 19.3. The molecule has 34 heavy (non-hydrogen) atoms. The maximum Gasteiger partial charge on any atom is 0.252 e. The van der Waals surface area contributed by atoms with Crippen molar-refractivity contribution in [2.45, 2.75) is 19.9 Å². The van der Waals surface area contributed by atoms with E-state index >= 15 is 0 Å². The molecule has 0 saturated heterocycles. The number of para-hydroxylation sites is 1. The van der Waals surface area contributed by atoms with Crippen LogP contribution in [-0.2, 0) is 0 Å². The van der Waals surface area contributed by atoms with Gasteiger partial charge >= 0.3 is 0 Å². The predicted octanol–water partition coefficient (Wildman–Crippen LogP) is 7.04. The van der Waals surface area contributed by atoms with Crippen molar-refractivity contribution in [3.8, 4) is 11.3 Å². The molecule has 5 aromatic rings. The van der Waals surface area contributed by atoms with Crippen LogP contribution in [0.3, 0.4) is 0 Å². The third-order valence-electron chi connectivity index (χ3n) is 6.16. The maximum atomic E-state index is 13.8. The molecular weight excluding hydrogens is 416 g/mol. The van der Waals surface area contributed by atoms with Gasteiger partial charge in [-0.05, 0) is 42.7 Å². The quantitative estimate of drug-likeness (QED) is 0.317. The van der Waals surface area contributed by atoms with Crippen LogP contribution in [0.4, 0.5) is 0 Å². The number of carbonyl (C=O) groups excluding carboxylic acids is 1. The van der Waals surface area contributed by atoms with Crippen molar-refractivity contribution in [2.24, 2.45) is 0 Å². The monoisotopic (exact) mass is 442 g/mol. The lowest BCUT2D eigenvalue weighted by atomic mass is 9.97. The number of aryl methyl sites for hydroxylation is 2. The van der Waals surface area contributed by atoms with Gasteiger partial charge in [0, 0.05) is 10.9 Å². The Kier molecular flexibility index (Phi) is 5.92. The first-order valence-corrected chi connectivity index (χ1v) is 11.5. The number of nitrogens with zero attached hydrogens (tertiary/aromatic N) is 1. The molecule has 0 radical (unpaired) electrons. The van der Waals surface area contributed by atoms with Crippen molar-refractivity contribution in [1.29, 1.82) is 0 Å². The summed E-state index contributed by atoms with van der Waals surface area (Å²) in [5.41, 5.74) is 7.68. The summed E-state index contributed by atoms with van der Waals surface area (Å²) in [5.74, 6) is -0.123. The molecule has 5 rings (SSSR count). The number of aromatic nitrogens is 1. The summed E-state index contributed by atoms with van der Waals surface area (Å²) in [6, 6.07) is 35.9. The molecule has 1 amide bonds. The minimum Gasteiger partial charge on any atom is -0.341 e. The number of carbonyl (C=O) groups is 1. The van der Waals surface area contributed by atoms with Gasteiger partial charge in [-0.2, -0.15) is 0 Å². The summed E-state index contributed by atoms with van der Waals surface area (Å²) in [7, 11) is 0. The fourth-order valence-corrected chi connectivity index (χ4v) is 4.46. The fourth-order valence-electron chi connectivity index (χ4n) is 4.46. The molecule has 1 aromatic heterocycles. The molecule has 0 fully saturated rings. The number of hydrogen-bond donors (Lipinski definition) is 1. The minimum atomic E-state index is -0.258. The first-order valence-electron chi connectivity index (χ1n) is 11.5. The van der Waals surface area contributed by atoms with E-state index < -0.39 is 0 Å². The lowest BCUT2D eigenvalue weighted by molar-refractivity contribution is 0.0944. The number of benzene rings is 4. The fraction of sp³-hybridized carbons (Fsp3) is 0.0968. The van der Waals surface area contributed by atoms with E-state index in [1.54, 1.807) is 0 Å². The van der Waals surface area contributed by atoms with Gasteiger partial charge in [0.1, 0.15) is 0 Å². The van der Waals surface area contributed by atoms with E-state index in [2.05, 4.69) is 37.4 Å². The Morgan fingerprint density at radius 1 is 0.735 bits per heavy atom. The Morgan fingerprint density at radius 2 is 1.35 bits per heavy atom. The van der Waals surface area contributed by atoms with Gasteiger partial charge in [0.25, 0.3) is 5.91 Å². The second kappa shape index (κ2) is 9.32. The van der Waals surface area contributed by atoms with Gasteiger partial charge in [0.05, 0.1) is 22.8 Å². The maximum absolute atomic E-state index is 13.8. The minimum absolute atomic E-state index is 0.123. The molecule has 0 unspecified atom stereocenters. The highest BCUT2D eigenvalue weighted by molar-refractivity contribution is 6.07. The second-order valence-electron chi connectivity index (χ2n) is 8.62. The Bertz CT molecular complexity index is 1420. The molecular formula is C31H26N2O. The van der Waals surface area contributed by atoms with Crippen LogP contribution in [0.25, 0.3) is 22.2 Å². The van der Waals surface area contributed by atoms with E-state index in [1.807, 2.05) is 91.0 Å². The average molecular weight is 443 g/mol. The molecule has 0 saturated carbocycles. The third kappa shape index (κ3) is 4.33. The largest absolute Gasteiger partial charge is 0.341 e. The van der Waals surface area contributed by atoms with E-state index in [-0.39, 0.29) is 11.9 Å². The molecule has 0 aliphatic heterocycles. The average Bonchev–Trinajstić information content (AvgIpc) is 2.87. The van der Waals surface area contributed by atoms with E-state index in [9.17, 15) is 4.79 Å². The lowest BCUT2D eigenvalue weighted by Gasteiger charge is -2.21. The lowest BCUT2D eigenvalue weighted by Crippen LogP contribution is -2.29. The number of amides is 1. The van der Waals surface area contributed by atoms with Gasteiger partial charge in [-0.3, -0.25) is 4.79 Å². The van der Waals surface area contributed by atoms with Crippen molar-refractivity contribution >= 4 is 16.8 Å². The highest BCUT2D eigenvalue weighted by Gasteiger charge is 2.20. The van der Waals surface area contributed by atoms with Crippen LogP contribution in [0, 0.1) is 13.8 Å². The van der Waals surface area contributed by atoms with E-state index in [1.165, 1.54) is 5.56 Å². The number of fused-ring (bicyclic) bond motifs is 1. The summed E-state index contributed by atoms with van der Waals surface area (Å²) >= 11 is 0. The van der Waals surface area contributed by atoms with Crippen LogP contribution in [0.2, 0.25) is 0 Å². The Hall–Kier alpha value is -4.24. The van der Waals surface area contributed by atoms with Gasteiger partial charge in [-0.1, -0.05) is 103 Å². The van der Waals surface area contributed by atoms with Gasteiger partial charge in [-0.15, -0.1) is 0 Å². The zero-order valence-corrected chi connectivity index (χ0v) is 19.3. The second-order valence-corrected chi connectivity index (χ2v) is 8.62. The SMILES string of the molecule is Cc1ccc(-c2cc(C(=O)NC(c3ccccc3)c3ccccc3)c3ccccc3n2)c(C)c1. The number of rotatable bonds is 5. The first-order chi connectivity index (χ1) is 16.6. The van der Waals surface area contributed by atoms with Crippen molar-refractivity contribution in [2.75, 3.05) is 0 Å². The normalized spacial score (nSPS) is 11.0. The summed E-state index contributed by atoms with van der Waals surface area (Å²) in [6.45, 7) is 4.16. The molecule has 166 valence electrons. The van der Waals surface area contributed by atoms with Crippen molar-refractivity contribution in [3.63, 3.8) is 0 Å². The van der Waals surface area contributed by atoms with Gasteiger partial charge in [-0.25, -0.2) is 4.98 Å². The molecule has 1 heterocycles. The van der Waals surface area contributed by atoms with E-state index in [4.69, 9.17) is 4.98 Å². The predicted molar refractivity (Wildman–Crippen MR) is 139 cm³/mol. The number of nitrogens with one attached hydrogen (secondary N) is 1. The molecule has 0 bridgehead atoms. The Balaban J connectivity index is 1.61. The molecule has 0 spiro atoms. The van der Waals surface area contributed by atoms with Crippen LogP contribution in [0.1, 0.15) is 38.7 Å². The summed E-state index contributed by atoms with van der Waals surface area (Å²) in [4.78, 5) is 18.7. The Morgan fingerprint density at radius 3 is 2.00 bits per heavy atom. The zero-order chi connectivity index (χ0) is 23.5. The van der Waals surface area contributed by atoms with Gasteiger partial charge in [0.15, 0.2) is 0 Å². The van der Waals surface area contributed by atoms with Crippen molar-refractivity contribution in [1.82, 2.24) is 10.3 Å². The number of hydrogen-bond acceptors (Lipinski definition) is 2. The summed E-state index contributed by atoms with van der Waals surface area (Å²) in [6.07, 6.45) is 0. The highest BCUT2D eigenvalue weighted by Crippen LogP contribution is 2.29. The van der Waals surface area contributed by atoms with Crippen molar-refractivity contribution in [3.05, 3.63) is 137 Å². The molecule has 0 atom stereocenters. The summed E-state index contributed by atoms with van der Waals surface area (Å²) < 4.78 is 0. The van der Waals surface area contributed by atoms with Gasteiger partial charge < -0.3 is 5.32 Å². The van der Waals surface area contributed by atoms with Crippen LogP contribution < -0.4 is 5.32 Å². The van der Waals surface area contributed by atoms with E-state index in [0.717, 1.165) is 38.9 Å². The topological polar surface area (TPSA) is 42.0 Å². The number of pyridine rings is 1. The first kappa shape index (κ1) is 21.6. The third-order valence-corrected chi connectivity index (χ3v) is 6.16. The molecule has 3 heteroatoms. The molecule has 4 aromatic carbocycles. The molecule has 3 nitrogen and oxygen atoms in total. The van der Waals surface area contributed by atoms with Gasteiger partial charge in [0.2, 0.25) is 0 Å². The smallest absolute Gasteiger partial charge is 0.252 e.